The molecule has 1 fully saturated rings. The molecule has 0 aliphatic carbocycles. The molecule has 1 aliphatic heterocycles. The average molecular weight is 376 g/mol. The Kier molecular flexibility index (Phi) is 6.71. The number of anilines is 1. The highest BCUT2D eigenvalue weighted by Gasteiger charge is 2.30. The summed E-state index contributed by atoms with van der Waals surface area (Å²) in [6.07, 6.45) is -2.58. The third-order valence-electron chi connectivity index (χ3n) is 3.83. The Bertz CT molecular complexity index is 680. The van der Waals surface area contributed by atoms with Crippen LogP contribution < -0.4 is 4.72 Å². The standard InChI is InChI=1S/C16H22F2N2O4S/c1-2-3-10-25(22,23)19-13-6-4-12(5-7-13)16(21)20-8-9-24-14(11-20)15(17)18/h4-7,14-15,19H,2-3,8-11H2,1H3. The van der Waals surface area contributed by atoms with E-state index in [1.165, 1.54) is 29.2 Å². The zero-order valence-corrected chi connectivity index (χ0v) is 14.8. The van der Waals surface area contributed by atoms with E-state index in [-0.39, 0.29) is 31.4 Å². The van der Waals surface area contributed by atoms with E-state index >= 15 is 0 Å². The highest BCUT2D eigenvalue weighted by molar-refractivity contribution is 7.92. The van der Waals surface area contributed by atoms with Crippen LogP contribution in [-0.2, 0) is 14.8 Å². The van der Waals surface area contributed by atoms with Crippen molar-refractivity contribution < 1.29 is 26.7 Å². The molecule has 2 rings (SSSR count). The van der Waals surface area contributed by atoms with Crippen LogP contribution >= 0.6 is 0 Å². The van der Waals surface area contributed by atoms with Gasteiger partial charge in [0, 0.05) is 17.8 Å². The third kappa shape index (κ3) is 5.64. The van der Waals surface area contributed by atoms with Crippen LogP contribution in [0.1, 0.15) is 30.1 Å². The molecular weight excluding hydrogens is 354 g/mol. The summed E-state index contributed by atoms with van der Waals surface area (Å²) in [6.45, 7) is 2.05. The summed E-state index contributed by atoms with van der Waals surface area (Å²) < 4.78 is 56.6. The van der Waals surface area contributed by atoms with Crippen molar-refractivity contribution in [2.45, 2.75) is 32.3 Å². The van der Waals surface area contributed by atoms with Gasteiger partial charge in [-0.3, -0.25) is 9.52 Å². The molecule has 1 amide bonds. The fraction of sp³-hybridized carbons (Fsp3) is 0.562. The number of alkyl halides is 2. The quantitative estimate of drug-likeness (QED) is 0.793. The number of carbonyl (C=O) groups excluding carboxylic acids is 1. The van der Waals surface area contributed by atoms with Gasteiger partial charge in [-0.1, -0.05) is 13.3 Å². The average Bonchev–Trinajstić information content (AvgIpc) is 2.60. The van der Waals surface area contributed by atoms with Crippen molar-refractivity contribution in [2.24, 2.45) is 0 Å². The van der Waals surface area contributed by atoms with Gasteiger partial charge in [0.25, 0.3) is 12.3 Å². The van der Waals surface area contributed by atoms with Crippen LogP contribution in [0.3, 0.4) is 0 Å². The van der Waals surface area contributed by atoms with Crippen molar-refractivity contribution in [3.05, 3.63) is 29.8 Å². The normalized spacial score (nSPS) is 18.4. The smallest absolute Gasteiger partial charge is 0.266 e. The molecule has 9 heteroatoms. The summed E-state index contributed by atoms with van der Waals surface area (Å²) in [5, 5.41) is 0. The summed E-state index contributed by atoms with van der Waals surface area (Å²) in [4.78, 5) is 13.7. The maximum Gasteiger partial charge on any atom is 0.266 e. The van der Waals surface area contributed by atoms with Gasteiger partial charge in [0.2, 0.25) is 10.0 Å². The fourth-order valence-electron chi connectivity index (χ4n) is 2.44. The SMILES string of the molecule is CCCCS(=O)(=O)Nc1ccc(C(=O)N2CCOC(C(F)F)C2)cc1. The van der Waals surface area contributed by atoms with Gasteiger partial charge < -0.3 is 9.64 Å². The number of morpholine rings is 1. The summed E-state index contributed by atoms with van der Waals surface area (Å²) in [5.74, 6) is -0.346. The Morgan fingerprint density at radius 3 is 2.64 bits per heavy atom. The first-order valence-corrected chi connectivity index (χ1v) is 9.77. The van der Waals surface area contributed by atoms with E-state index < -0.39 is 22.6 Å². The predicted octanol–water partition coefficient (Wildman–Crippen LogP) is 2.33. The Morgan fingerprint density at radius 1 is 1.36 bits per heavy atom. The van der Waals surface area contributed by atoms with E-state index in [0.717, 1.165) is 6.42 Å². The first-order valence-electron chi connectivity index (χ1n) is 8.12. The molecule has 1 aromatic rings. The monoisotopic (exact) mass is 376 g/mol. The largest absolute Gasteiger partial charge is 0.369 e. The van der Waals surface area contributed by atoms with E-state index in [2.05, 4.69) is 4.72 Å². The van der Waals surface area contributed by atoms with Crippen molar-refractivity contribution in [2.75, 3.05) is 30.2 Å². The van der Waals surface area contributed by atoms with E-state index in [0.29, 0.717) is 17.7 Å². The minimum absolute atomic E-state index is 0.0347. The predicted molar refractivity (Wildman–Crippen MR) is 90.4 cm³/mol. The number of halogens is 2. The third-order valence-corrected chi connectivity index (χ3v) is 5.21. The van der Waals surface area contributed by atoms with Gasteiger partial charge >= 0.3 is 0 Å². The van der Waals surface area contributed by atoms with Gasteiger partial charge in [0.15, 0.2) is 0 Å². The fourth-order valence-corrected chi connectivity index (χ4v) is 3.71. The molecule has 0 saturated carbocycles. The van der Waals surface area contributed by atoms with Crippen LogP contribution in [0.2, 0.25) is 0 Å². The van der Waals surface area contributed by atoms with Crippen LogP contribution in [-0.4, -0.2) is 57.2 Å². The van der Waals surface area contributed by atoms with Gasteiger partial charge in [-0.25, -0.2) is 17.2 Å². The van der Waals surface area contributed by atoms with Crippen molar-refractivity contribution >= 4 is 21.6 Å². The van der Waals surface area contributed by atoms with E-state index in [1.54, 1.807) is 0 Å². The number of ether oxygens (including phenoxy) is 1. The summed E-state index contributed by atoms with van der Waals surface area (Å²) in [5.41, 5.74) is 0.673. The summed E-state index contributed by atoms with van der Waals surface area (Å²) in [6, 6.07) is 5.93. The summed E-state index contributed by atoms with van der Waals surface area (Å²) in [7, 11) is -3.41. The lowest BCUT2D eigenvalue weighted by Crippen LogP contribution is -2.48. The van der Waals surface area contributed by atoms with Crippen LogP contribution in [0.5, 0.6) is 0 Å². The molecule has 0 radical (unpaired) electrons. The molecule has 0 bridgehead atoms. The van der Waals surface area contributed by atoms with Gasteiger partial charge in [-0.15, -0.1) is 0 Å². The maximum absolute atomic E-state index is 12.7. The van der Waals surface area contributed by atoms with Crippen molar-refractivity contribution in [3.63, 3.8) is 0 Å². The van der Waals surface area contributed by atoms with Crippen LogP contribution in [0.25, 0.3) is 0 Å². The number of amides is 1. The highest BCUT2D eigenvalue weighted by Crippen LogP contribution is 2.17. The van der Waals surface area contributed by atoms with Crippen LogP contribution in [0, 0.1) is 0 Å². The molecule has 1 N–H and O–H groups in total. The minimum Gasteiger partial charge on any atom is -0.369 e. The number of benzene rings is 1. The zero-order chi connectivity index (χ0) is 18.4. The summed E-state index contributed by atoms with van der Waals surface area (Å²) >= 11 is 0. The molecule has 0 aromatic heterocycles. The van der Waals surface area contributed by atoms with E-state index in [4.69, 9.17) is 4.74 Å². The maximum atomic E-state index is 12.7. The second-order valence-corrected chi connectivity index (χ2v) is 7.69. The van der Waals surface area contributed by atoms with Crippen molar-refractivity contribution in [1.29, 1.82) is 0 Å². The molecule has 1 atom stereocenters. The number of carbonyl (C=O) groups is 1. The molecule has 0 spiro atoms. The number of sulfonamides is 1. The Morgan fingerprint density at radius 2 is 2.04 bits per heavy atom. The van der Waals surface area contributed by atoms with E-state index in [9.17, 15) is 22.0 Å². The Balaban J connectivity index is 2.00. The lowest BCUT2D eigenvalue weighted by molar-refractivity contribution is -0.0942. The molecule has 1 unspecified atom stereocenters. The zero-order valence-electron chi connectivity index (χ0n) is 14.0. The van der Waals surface area contributed by atoms with Crippen molar-refractivity contribution in [1.82, 2.24) is 4.90 Å². The number of hydrogen-bond donors (Lipinski definition) is 1. The topological polar surface area (TPSA) is 75.7 Å². The molecule has 1 aliphatic rings. The number of rotatable bonds is 7. The Hall–Kier alpha value is -1.74. The molecule has 1 heterocycles. The lowest BCUT2D eigenvalue weighted by atomic mass is 10.1. The molecule has 140 valence electrons. The first kappa shape index (κ1) is 19.6. The molecule has 1 aromatic carbocycles. The first-order chi connectivity index (χ1) is 11.8. The minimum atomic E-state index is -3.41. The van der Waals surface area contributed by atoms with Gasteiger partial charge in [0.1, 0.15) is 6.10 Å². The van der Waals surface area contributed by atoms with Crippen LogP contribution in [0.15, 0.2) is 24.3 Å². The molecule has 25 heavy (non-hydrogen) atoms. The van der Waals surface area contributed by atoms with Gasteiger partial charge in [-0.2, -0.15) is 0 Å². The molecular formula is C16H22F2N2O4S. The molecule has 6 nitrogen and oxygen atoms in total. The van der Waals surface area contributed by atoms with Crippen LogP contribution in [0.4, 0.5) is 14.5 Å². The Labute approximate surface area is 146 Å². The number of hydrogen-bond acceptors (Lipinski definition) is 4. The van der Waals surface area contributed by atoms with E-state index in [1.807, 2.05) is 6.92 Å². The van der Waals surface area contributed by atoms with Crippen molar-refractivity contribution in [3.8, 4) is 0 Å². The highest BCUT2D eigenvalue weighted by atomic mass is 32.2. The number of nitrogens with zero attached hydrogens (tertiary/aromatic N) is 1. The van der Waals surface area contributed by atoms with Gasteiger partial charge in [-0.05, 0) is 30.7 Å². The lowest BCUT2D eigenvalue weighted by Gasteiger charge is -2.32. The second kappa shape index (κ2) is 8.57. The number of nitrogens with one attached hydrogen (secondary N) is 1. The second-order valence-electron chi connectivity index (χ2n) is 5.85. The van der Waals surface area contributed by atoms with Gasteiger partial charge in [0.05, 0.1) is 18.9 Å². The molecule has 1 saturated heterocycles. The number of unbranched alkanes of at least 4 members (excludes halogenated alkanes) is 1.